The average molecular weight is 449 g/mol. The maximum atomic E-state index is 13.6. The summed E-state index contributed by atoms with van der Waals surface area (Å²) < 4.78 is 54.3. The van der Waals surface area contributed by atoms with E-state index in [1.165, 1.54) is 29.0 Å². The first kappa shape index (κ1) is 22.7. The van der Waals surface area contributed by atoms with Crippen LogP contribution in [0.5, 0.6) is 0 Å². The van der Waals surface area contributed by atoms with Gasteiger partial charge in [-0.2, -0.15) is 18.4 Å². The zero-order chi connectivity index (χ0) is 23.7. The van der Waals surface area contributed by atoms with Crippen LogP contribution in [-0.2, 0) is 17.5 Å². The van der Waals surface area contributed by atoms with Crippen molar-refractivity contribution >= 4 is 28.7 Å². The third-order valence-electron chi connectivity index (χ3n) is 4.60. The van der Waals surface area contributed by atoms with Gasteiger partial charge < -0.3 is 20.2 Å². The summed E-state index contributed by atoms with van der Waals surface area (Å²) in [5, 5.41) is 33.7. The predicted molar refractivity (Wildman–Crippen MR) is 104 cm³/mol. The molecular formula is C20H15F4N5O3. The summed E-state index contributed by atoms with van der Waals surface area (Å²) in [5.74, 6) is -1.60. The van der Waals surface area contributed by atoms with Gasteiger partial charge in [0.05, 0.1) is 30.2 Å². The van der Waals surface area contributed by atoms with E-state index in [2.05, 4.69) is 15.5 Å². The summed E-state index contributed by atoms with van der Waals surface area (Å²) in [6, 6.07) is 5.61. The molecule has 1 amide bonds. The third-order valence-corrected chi connectivity index (χ3v) is 4.60. The molecule has 12 heteroatoms. The number of hydrogen-bond donors (Lipinski definition) is 3. The molecule has 3 N–H and O–H groups in total. The molecule has 32 heavy (non-hydrogen) atoms. The summed E-state index contributed by atoms with van der Waals surface area (Å²) in [7, 11) is 0. The minimum absolute atomic E-state index is 0.310. The van der Waals surface area contributed by atoms with Crippen LogP contribution in [0.1, 0.15) is 23.7 Å². The molecule has 3 rings (SSSR count). The summed E-state index contributed by atoms with van der Waals surface area (Å²) in [4.78, 5) is 16.0. The Balaban J connectivity index is 1.90. The van der Waals surface area contributed by atoms with Crippen molar-refractivity contribution in [3.8, 4) is 6.07 Å². The molecule has 0 aliphatic rings. The number of alkyl halides is 3. The number of aromatic nitrogens is 2. The second-order valence-corrected chi connectivity index (χ2v) is 7.08. The van der Waals surface area contributed by atoms with E-state index >= 15 is 0 Å². The lowest BCUT2D eigenvalue weighted by Gasteiger charge is -2.23. The molecule has 0 unspecified atom stereocenters. The van der Waals surface area contributed by atoms with Crippen molar-refractivity contribution < 1.29 is 32.7 Å². The number of pyridine rings is 1. The Hall–Kier alpha value is -3.98. The summed E-state index contributed by atoms with van der Waals surface area (Å²) in [5.41, 5.74) is -3.96. The predicted octanol–water partition coefficient (Wildman–Crippen LogP) is 3.26. The van der Waals surface area contributed by atoms with Crippen LogP contribution in [0.3, 0.4) is 0 Å². The molecule has 0 saturated carbocycles. The number of carbonyl (C=O) groups is 1. The summed E-state index contributed by atoms with van der Waals surface area (Å²) in [6.07, 6.45) is -1.54. The molecule has 1 atom stereocenters. The highest BCUT2D eigenvalue weighted by molar-refractivity contribution is 6.00. The number of hydrogen-bond acceptors (Lipinski definition) is 6. The maximum Gasteiger partial charge on any atom is 0.419 e. The lowest BCUT2D eigenvalue weighted by atomic mass is 10.1. The largest absolute Gasteiger partial charge is 0.419 e. The van der Waals surface area contributed by atoms with Gasteiger partial charge in [-0.1, -0.05) is 5.16 Å². The number of fused-ring (bicyclic) bond motifs is 1. The number of halogens is 4. The molecule has 0 aliphatic carbocycles. The molecule has 0 radical (unpaired) electrons. The van der Waals surface area contributed by atoms with E-state index in [0.717, 1.165) is 25.4 Å². The maximum absolute atomic E-state index is 13.6. The Labute approximate surface area is 178 Å². The molecule has 2 heterocycles. The van der Waals surface area contributed by atoms with Crippen molar-refractivity contribution in [1.82, 2.24) is 9.55 Å². The van der Waals surface area contributed by atoms with Crippen molar-refractivity contribution in [3.63, 3.8) is 0 Å². The molecule has 0 saturated heterocycles. The van der Waals surface area contributed by atoms with Gasteiger partial charge in [0.2, 0.25) is 0 Å². The molecule has 2 aromatic heterocycles. The van der Waals surface area contributed by atoms with Crippen molar-refractivity contribution in [2.45, 2.75) is 25.2 Å². The Kier molecular flexibility index (Phi) is 5.87. The summed E-state index contributed by atoms with van der Waals surface area (Å²) >= 11 is 0. The van der Waals surface area contributed by atoms with E-state index < -0.39 is 34.8 Å². The number of oxime groups is 1. The third kappa shape index (κ3) is 4.52. The number of carbonyl (C=O) groups excluding carboxylic acids is 1. The van der Waals surface area contributed by atoms with Crippen molar-refractivity contribution in [1.29, 1.82) is 5.26 Å². The van der Waals surface area contributed by atoms with Gasteiger partial charge in [-0.3, -0.25) is 4.79 Å². The van der Waals surface area contributed by atoms with Gasteiger partial charge in [-0.05, 0) is 31.2 Å². The Morgan fingerprint density at radius 2 is 2.09 bits per heavy atom. The molecule has 0 fully saturated rings. The highest BCUT2D eigenvalue weighted by atomic mass is 19.4. The van der Waals surface area contributed by atoms with E-state index in [9.17, 15) is 27.5 Å². The molecule has 8 nitrogen and oxygen atoms in total. The van der Waals surface area contributed by atoms with E-state index in [-0.39, 0.29) is 12.2 Å². The smallest absolute Gasteiger partial charge is 0.411 e. The highest BCUT2D eigenvalue weighted by Crippen LogP contribution is 2.33. The zero-order valence-corrected chi connectivity index (χ0v) is 16.4. The second-order valence-electron chi connectivity index (χ2n) is 7.08. The van der Waals surface area contributed by atoms with Crippen LogP contribution in [-0.4, -0.2) is 37.6 Å². The standard InChI is InChI=1S/C20H15F4N5O3/c1-19(31,10-29-9-11(7-27-32)14-4-12(21)2-3-17(14)29)18(30)28-13-5-15(20(22,23)24)16(6-25)26-8-13/h2-5,7-9,31-32H,10H2,1H3,(H,28,30)/t19-/m0/s1. The van der Waals surface area contributed by atoms with Gasteiger partial charge in [0, 0.05) is 22.7 Å². The van der Waals surface area contributed by atoms with Crippen LogP contribution in [0.25, 0.3) is 10.9 Å². The zero-order valence-electron chi connectivity index (χ0n) is 16.4. The minimum Gasteiger partial charge on any atom is -0.411 e. The van der Waals surface area contributed by atoms with Gasteiger partial charge >= 0.3 is 6.18 Å². The summed E-state index contributed by atoms with van der Waals surface area (Å²) in [6.45, 7) is 0.773. The highest BCUT2D eigenvalue weighted by Gasteiger charge is 2.36. The number of nitrogens with zero attached hydrogens (tertiary/aromatic N) is 4. The van der Waals surface area contributed by atoms with Gasteiger partial charge in [0.15, 0.2) is 11.3 Å². The first-order valence-corrected chi connectivity index (χ1v) is 8.93. The monoisotopic (exact) mass is 449 g/mol. The number of rotatable bonds is 5. The fraction of sp³-hybridized carbons (Fsp3) is 0.200. The number of nitriles is 1. The number of amides is 1. The Bertz CT molecular complexity index is 1260. The van der Waals surface area contributed by atoms with Crippen molar-refractivity contribution in [2.75, 3.05) is 5.32 Å². The molecule has 0 spiro atoms. The SMILES string of the molecule is C[C@](O)(Cn1cc(C=NO)c2cc(F)ccc21)C(=O)Nc1cnc(C#N)c(C(F)(F)F)c1. The van der Waals surface area contributed by atoms with E-state index in [1.807, 2.05) is 0 Å². The second kappa shape index (κ2) is 8.27. The molecule has 166 valence electrons. The Morgan fingerprint density at radius 3 is 2.72 bits per heavy atom. The van der Waals surface area contributed by atoms with Crippen LogP contribution in [0.4, 0.5) is 23.2 Å². The van der Waals surface area contributed by atoms with Crippen molar-refractivity contribution in [2.24, 2.45) is 5.16 Å². The average Bonchev–Trinajstić information content (AvgIpc) is 3.03. The normalized spacial score (nSPS) is 13.8. The number of nitrogens with one attached hydrogen (secondary N) is 1. The fourth-order valence-electron chi connectivity index (χ4n) is 3.10. The van der Waals surface area contributed by atoms with E-state index in [4.69, 9.17) is 10.5 Å². The van der Waals surface area contributed by atoms with Gasteiger partial charge in [-0.25, -0.2) is 9.37 Å². The lowest BCUT2D eigenvalue weighted by Crippen LogP contribution is -2.43. The molecule has 3 aromatic rings. The van der Waals surface area contributed by atoms with Gasteiger partial charge in [0.1, 0.15) is 11.9 Å². The lowest BCUT2D eigenvalue weighted by molar-refractivity contribution is -0.138. The quantitative estimate of drug-likeness (QED) is 0.239. The molecule has 0 bridgehead atoms. The molecule has 0 aliphatic heterocycles. The van der Waals surface area contributed by atoms with Gasteiger partial charge in [0.25, 0.3) is 5.91 Å². The number of anilines is 1. The van der Waals surface area contributed by atoms with Crippen LogP contribution in [0.15, 0.2) is 41.8 Å². The topological polar surface area (TPSA) is 124 Å². The van der Waals surface area contributed by atoms with Crippen LogP contribution >= 0.6 is 0 Å². The Morgan fingerprint density at radius 1 is 1.38 bits per heavy atom. The minimum atomic E-state index is -4.87. The first-order chi connectivity index (χ1) is 15.0. The molecular weight excluding hydrogens is 434 g/mol. The first-order valence-electron chi connectivity index (χ1n) is 8.93. The van der Waals surface area contributed by atoms with E-state index in [0.29, 0.717) is 22.5 Å². The van der Waals surface area contributed by atoms with Crippen LogP contribution in [0, 0.1) is 17.1 Å². The van der Waals surface area contributed by atoms with Crippen molar-refractivity contribution in [3.05, 3.63) is 59.3 Å². The fourth-order valence-corrected chi connectivity index (χ4v) is 3.10. The number of benzene rings is 1. The van der Waals surface area contributed by atoms with Crippen LogP contribution < -0.4 is 5.32 Å². The molecule has 1 aromatic carbocycles. The van der Waals surface area contributed by atoms with E-state index in [1.54, 1.807) is 0 Å². The number of aliphatic hydroxyl groups is 1. The van der Waals surface area contributed by atoms with Crippen LogP contribution in [0.2, 0.25) is 0 Å². The van der Waals surface area contributed by atoms with Gasteiger partial charge in [-0.15, -0.1) is 0 Å².